The average Bonchev–Trinajstić information content (AvgIpc) is 3.20. The van der Waals surface area contributed by atoms with E-state index in [0.29, 0.717) is 5.13 Å². The molecule has 24 heavy (non-hydrogen) atoms. The number of anilines is 1. The van der Waals surface area contributed by atoms with Gasteiger partial charge in [-0.1, -0.05) is 47.4 Å². The van der Waals surface area contributed by atoms with Gasteiger partial charge < -0.3 is 9.32 Å². The monoisotopic (exact) mass is 362 g/mol. The van der Waals surface area contributed by atoms with Crippen LogP contribution in [0.25, 0.3) is 10.8 Å². The SMILES string of the molecule is CC(Sc1nnc(N(C)C(=O)N(C)C)s1)c1occ2ccccc12. The van der Waals surface area contributed by atoms with E-state index in [4.69, 9.17) is 4.42 Å². The molecule has 0 aliphatic carbocycles. The summed E-state index contributed by atoms with van der Waals surface area (Å²) in [6.07, 6.45) is 1.77. The fourth-order valence-corrected chi connectivity index (χ4v) is 4.37. The van der Waals surface area contributed by atoms with Gasteiger partial charge in [0.1, 0.15) is 5.76 Å². The zero-order valence-corrected chi connectivity index (χ0v) is 15.5. The number of furan rings is 1. The molecule has 126 valence electrons. The summed E-state index contributed by atoms with van der Waals surface area (Å²) in [6.45, 7) is 2.08. The van der Waals surface area contributed by atoms with E-state index in [2.05, 4.69) is 23.2 Å². The number of urea groups is 1. The fourth-order valence-electron chi connectivity index (χ4n) is 2.30. The highest BCUT2D eigenvalue weighted by molar-refractivity contribution is 8.01. The third kappa shape index (κ3) is 3.25. The lowest BCUT2D eigenvalue weighted by Gasteiger charge is -2.18. The number of thioether (sulfide) groups is 1. The summed E-state index contributed by atoms with van der Waals surface area (Å²) in [5.74, 6) is 0.921. The van der Waals surface area contributed by atoms with Gasteiger partial charge in [0.2, 0.25) is 5.13 Å². The van der Waals surface area contributed by atoms with E-state index in [1.807, 2.05) is 18.2 Å². The molecule has 0 radical (unpaired) electrons. The Labute approximate surface area is 148 Å². The number of benzene rings is 1. The first-order valence-corrected chi connectivity index (χ1v) is 9.08. The van der Waals surface area contributed by atoms with Crippen molar-refractivity contribution in [3.8, 4) is 0 Å². The van der Waals surface area contributed by atoms with Gasteiger partial charge in [-0.3, -0.25) is 4.90 Å². The summed E-state index contributed by atoms with van der Waals surface area (Å²) in [6, 6.07) is 7.95. The van der Waals surface area contributed by atoms with E-state index in [1.165, 1.54) is 21.1 Å². The van der Waals surface area contributed by atoms with Gasteiger partial charge >= 0.3 is 6.03 Å². The van der Waals surface area contributed by atoms with Crippen molar-refractivity contribution in [2.45, 2.75) is 16.5 Å². The van der Waals surface area contributed by atoms with Crippen molar-refractivity contribution in [2.24, 2.45) is 0 Å². The van der Waals surface area contributed by atoms with Gasteiger partial charge in [0.15, 0.2) is 4.34 Å². The molecule has 1 atom stereocenters. The molecule has 1 aromatic carbocycles. The molecule has 0 saturated heterocycles. The quantitative estimate of drug-likeness (QED) is 0.513. The molecule has 0 bridgehead atoms. The minimum absolute atomic E-state index is 0.0977. The molecule has 0 N–H and O–H groups in total. The van der Waals surface area contributed by atoms with Gasteiger partial charge in [0.05, 0.1) is 11.5 Å². The van der Waals surface area contributed by atoms with Crippen LogP contribution >= 0.6 is 23.1 Å². The van der Waals surface area contributed by atoms with Crippen molar-refractivity contribution in [1.29, 1.82) is 0 Å². The maximum Gasteiger partial charge on any atom is 0.325 e. The highest BCUT2D eigenvalue weighted by Gasteiger charge is 2.20. The Morgan fingerprint density at radius 2 is 2.00 bits per heavy atom. The molecular weight excluding hydrogens is 344 g/mol. The first kappa shape index (κ1) is 16.8. The Balaban J connectivity index is 1.76. The third-order valence-electron chi connectivity index (χ3n) is 3.54. The normalized spacial score (nSPS) is 12.3. The van der Waals surface area contributed by atoms with E-state index in [0.717, 1.165) is 20.9 Å². The number of carbonyl (C=O) groups is 1. The predicted molar refractivity (Wildman–Crippen MR) is 97.9 cm³/mol. The lowest BCUT2D eigenvalue weighted by molar-refractivity contribution is 0.225. The molecule has 0 fully saturated rings. The average molecular weight is 362 g/mol. The van der Waals surface area contributed by atoms with Crippen molar-refractivity contribution < 1.29 is 9.21 Å². The molecule has 0 aliphatic rings. The van der Waals surface area contributed by atoms with Crippen molar-refractivity contribution in [3.63, 3.8) is 0 Å². The van der Waals surface area contributed by atoms with Gasteiger partial charge in [-0.15, -0.1) is 10.2 Å². The van der Waals surface area contributed by atoms with Crippen molar-refractivity contribution >= 4 is 45.0 Å². The Hall–Kier alpha value is -2.06. The van der Waals surface area contributed by atoms with Crippen LogP contribution in [-0.4, -0.2) is 42.3 Å². The van der Waals surface area contributed by atoms with Crippen LogP contribution in [0.1, 0.15) is 17.9 Å². The topological polar surface area (TPSA) is 62.5 Å². The lowest BCUT2D eigenvalue weighted by atomic mass is 10.1. The number of amides is 2. The third-order valence-corrected chi connectivity index (χ3v) is 5.72. The van der Waals surface area contributed by atoms with Gasteiger partial charge in [-0.2, -0.15) is 0 Å². The van der Waals surface area contributed by atoms with E-state index >= 15 is 0 Å². The summed E-state index contributed by atoms with van der Waals surface area (Å²) >= 11 is 2.97. The van der Waals surface area contributed by atoms with Crippen LogP contribution in [0.2, 0.25) is 0 Å². The first-order chi connectivity index (χ1) is 11.5. The zero-order chi connectivity index (χ0) is 17.3. The molecule has 2 amide bonds. The molecule has 2 aromatic heterocycles. The van der Waals surface area contributed by atoms with Gasteiger partial charge in [0, 0.05) is 31.9 Å². The van der Waals surface area contributed by atoms with Gasteiger partial charge in [-0.05, 0) is 6.92 Å². The van der Waals surface area contributed by atoms with Crippen LogP contribution in [0, 0.1) is 0 Å². The van der Waals surface area contributed by atoms with Gasteiger partial charge in [0.25, 0.3) is 0 Å². The summed E-state index contributed by atoms with van der Waals surface area (Å²) in [7, 11) is 5.11. The Morgan fingerprint density at radius 1 is 1.25 bits per heavy atom. The molecule has 0 saturated carbocycles. The molecule has 0 spiro atoms. The standard InChI is InChI=1S/C16H18N4O2S2/c1-10(13-12-8-6-5-7-11(12)9-22-13)23-15-18-17-14(24-15)20(4)16(21)19(2)3/h5-10H,1-4H3. The number of rotatable bonds is 4. The molecule has 0 aliphatic heterocycles. The number of hydrogen-bond acceptors (Lipinski definition) is 6. The van der Waals surface area contributed by atoms with Crippen molar-refractivity contribution in [3.05, 3.63) is 36.3 Å². The van der Waals surface area contributed by atoms with E-state index in [1.54, 1.807) is 39.2 Å². The number of nitrogens with zero attached hydrogens (tertiary/aromatic N) is 4. The molecule has 3 aromatic rings. The van der Waals surface area contributed by atoms with Crippen molar-refractivity contribution in [1.82, 2.24) is 15.1 Å². The number of carbonyl (C=O) groups excluding carboxylic acids is 1. The second-order valence-electron chi connectivity index (χ2n) is 5.53. The first-order valence-electron chi connectivity index (χ1n) is 7.38. The molecule has 8 heteroatoms. The summed E-state index contributed by atoms with van der Waals surface area (Å²) < 4.78 is 6.54. The van der Waals surface area contributed by atoms with E-state index in [9.17, 15) is 4.79 Å². The zero-order valence-electron chi connectivity index (χ0n) is 13.9. The summed E-state index contributed by atoms with van der Waals surface area (Å²) in [5.41, 5.74) is 0. The van der Waals surface area contributed by atoms with Crippen LogP contribution in [-0.2, 0) is 0 Å². The maximum atomic E-state index is 12.0. The minimum Gasteiger partial charge on any atom is -0.467 e. The number of hydrogen-bond donors (Lipinski definition) is 0. The van der Waals surface area contributed by atoms with E-state index in [-0.39, 0.29) is 11.3 Å². The van der Waals surface area contributed by atoms with Crippen LogP contribution in [0.4, 0.5) is 9.93 Å². The van der Waals surface area contributed by atoms with Crippen LogP contribution in [0.15, 0.2) is 39.3 Å². The summed E-state index contributed by atoms with van der Waals surface area (Å²) in [4.78, 5) is 15.0. The molecular formula is C16H18N4O2S2. The number of aromatic nitrogens is 2. The molecule has 6 nitrogen and oxygen atoms in total. The predicted octanol–water partition coefficient (Wildman–Crippen LogP) is 4.26. The van der Waals surface area contributed by atoms with Crippen LogP contribution < -0.4 is 4.90 Å². The minimum atomic E-state index is -0.132. The molecule has 2 heterocycles. The molecule has 3 rings (SSSR count). The van der Waals surface area contributed by atoms with Crippen LogP contribution in [0.3, 0.4) is 0 Å². The van der Waals surface area contributed by atoms with Crippen LogP contribution in [0.5, 0.6) is 0 Å². The van der Waals surface area contributed by atoms with Gasteiger partial charge in [-0.25, -0.2) is 4.79 Å². The largest absolute Gasteiger partial charge is 0.467 e. The smallest absolute Gasteiger partial charge is 0.325 e. The Bertz CT molecular complexity index is 859. The summed E-state index contributed by atoms with van der Waals surface area (Å²) in [5, 5.41) is 11.2. The fraction of sp³-hybridized carbons (Fsp3) is 0.312. The van der Waals surface area contributed by atoms with E-state index < -0.39 is 0 Å². The molecule has 1 unspecified atom stereocenters. The van der Waals surface area contributed by atoms with Crippen molar-refractivity contribution in [2.75, 3.05) is 26.0 Å². The lowest BCUT2D eigenvalue weighted by Crippen LogP contribution is -2.36. The highest BCUT2D eigenvalue weighted by atomic mass is 32.2. The second kappa shape index (κ2) is 6.82. The highest BCUT2D eigenvalue weighted by Crippen LogP contribution is 2.40. The Morgan fingerprint density at radius 3 is 2.75 bits per heavy atom. The Kier molecular flexibility index (Phi) is 4.77. The second-order valence-corrected chi connectivity index (χ2v) is 8.08. The number of fused-ring (bicyclic) bond motifs is 1. The maximum absolute atomic E-state index is 12.0.